The average Bonchev–Trinajstić information content (AvgIpc) is 2.71. The molecule has 0 saturated carbocycles. The molecule has 1 atom stereocenters. The molecule has 5 heteroatoms. The van der Waals surface area contributed by atoms with Gasteiger partial charge in [0, 0.05) is 13.0 Å². The molecule has 1 aliphatic heterocycles. The lowest BCUT2D eigenvalue weighted by atomic mass is 10.3. The van der Waals surface area contributed by atoms with Gasteiger partial charge in [0.1, 0.15) is 11.4 Å². The molecular formula is C12H16N2O3. The molecule has 17 heavy (non-hydrogen) atoms. The van der Waals surface area contributed by atoms with Gasteiger partial charge in [0.2, 0.25) is 5.91 Å². The van der Waals surface area contributed by atoms with E-state index in [2.05, 4.69) is 0 Å². The van der Waals surface area contributed by atoms with E-state index in [1.807, 2.05) is 6.92 Å². The van der Waals surface area contributed by atoms with Gasteiger partial charge in [0.05, 0.1) is 12.6 Å². The summed E-state index contributed by atoms with van der Waals surface area (Å²) in [5, 5.41) is 22.2. The molecule has 1 unspecified atom stereocenters. The second kappa shape index (κ2) is 4.73. The zero-order valence-electron chi connectivity index (χ0n) is 9.71. The topological polar surface area (TPSA) is 64.0 Å². The van der Waals surface area contributed by atoms with Crippen molar-refractivity contribution in [3.63, 3.8) is 0 Å². The second-order valence-electron chi connectivity index (χ2n) is 4.14. The minimum Gasteiger partial charge on any atom is -0.506 e. The first-order valence-corrected chi connectivity index (χ1v) is 5.63. The summed E-state index contributed by atoms with van der Waals surface area (Å²) in [4.78, 5) is 11.8. The summed E-state index contributed by atoms with van der Waals surface area (Å²) in [6.45, 7) is 2.37. The van der Waals surface area contributed by atoms with Crippen molar-refractivity contribution in [3.05, 3.63) is 24.3 Å². The number of rotatable bonds is 3. The van der Waals surface area contributed by atoms with Gasteiger partial charge in [0.25, 0.3) is 0 Å². The minimum atomic E-state index is -0.152. The highest BCUT2D eigenvalue weighted by atomic mass is 16.3. The summed E-state index contributed by atoms with van der Waals surface area (Å²) in [6.07, 6.45) is 0.401. The molecule has 1 heterocycles. The van der Waals surface area contributed by atoms with Crippen molar-refractivity contribution < 1.29 is 15.0 Å². The molecule has 2 rings (SSSR count). The van der Waals surface area contributed by atoms with Crippen molar-refractivity contribution in [2.24, 2.45) is 0 Å². The molecule has 0 radical (unpaired) electrons. The maximum absolute atomic E-state index is 11.8. The van der Waals surface area contributed by atoms with E-state index in [1.165, 1.54) is 5.01 Å². The van der Waals surface area contributed by atoms with E-state index in [9.17, 15) is 15.0 Å². The number of aliphatic hydroxyl groups is 1. The Hall–Kier alpha value is -1.59. The summed E-state index contributed by atoms with van der Waals surface area (Å²) in [5.41, 5.74) is 0.468. The summed E-state index contributed by atoms with van der Waals surface area (Å²) in [5.74, 6) is 0.00434. The number of phenols is 1. The summed E-state index contributed by atoms with van der Waals surface area (Å²) >= 11 is 0. The third-order valence-corrected chi connectivity index (χ3v) is 2.93. The van der Waals surface area contributed by atoms with Gasteiger partial charge in [-0.05, 0) is 19.1 Å². The second-order valence-corrected chi connectivity index (χ2v) is 4.14. The number of para-hydroxylation sites is 2. The van der Waals surface area contributed by atoms with Crippen LogP contribution in [0.4, 0.5) is 5.69 Å². The third-order valence-electron chi connectivity index (χ3n) is 2.93. The molecule has 1 aromatic carbocycles. The summed E-state index contributed by atoms with van der Waals surface area (Å²) in [6, 6.07) is 6.56. The standard InChI is InChI=1S/C12H16N2O3/c1-9(8-15)13-7-6-12(17)14(13)10-4-2-3-5-11(10)16/h2-5,9,15-16H,6-8H2,1H3. The van der Waals surface area contributed by atoms with E-state index in [0.29, 0.717) is 18.7 Å². The normalized spacial score (nSPS) is 18.7. The number of carbonyl (C=O) groups is 1. The molecular weight excluding hydrogens is 220 g/mol. The van der Waals surface area contributed by atoms with Crippen LogP contribution in [0.3, 0.4) is 0 Å². The van der Waals surface area contributed by atoms with Gasteiger partial charge in [-0.15, -0.1) is 0 Å². The molecule has 0 aliphatic carbocycles. The SMILES string of the molecule is CC(CO)N1CCC(=O)N1c1ccccc1O. The molecule has 1 amide bonds. The van der Waals surface area contributed by atoms with Crippen LogP contribution in [0.5, 0.6) is 5.75 Å². The Bertz CT molecular complexity index is 422. The molecule has 0 spiro atoms. The molecule has 1 aliphatic rings. The van der Waals surface area contributed by atoms with Gasteiger partial charge in [-0.1, -0.05) is 12.1 Å². The Morgan fingerprint density at radius 2 is 2.12 bits per heavy atom. The van der Waals surface area contributed by atoms with Crippen LogP contribution in [0.2, 0.25) is 0 Å². The largest absolute Gasteiger partial charge is 0.506 e. The number of hydrazine groups is 1. The van der Waals surface area contributed by atoms with E-state index in [-0.39, 0.29) is 24.3 Å². The molecule has 1 aromatic rings. The number of aromatic hydroxyl groups is 1. The fourth-order valence-corrected chi connectivity index (χ4v) is 1.99. The van der Waals surface area contributed by atoms with Crippen molar-refractivity contribution >= 4 is 11.6 Å². The summed E-state index contributed by atoms with van der Waals surface area (Å²) < 4.78 is 0. The monoisotopic (exact) mass is 236 g/mol. The van der Waals surface area contributed by atoms with Crippen molar-refractivity contribution in [1.82, 2.24) is 5.01 Å². The Kier molecular flexibility index (Phi) is 3.31. The fourth-order valence-electron chi connectivity index (χ4n) is 1.99. The van der Waals surface area contributed by atoms with Crippen molar-refractivity contribution in [2.75, 3.05) is 18.2 Å². The first-order valence-electron chi connectivity index (χ1n) is 5.63. The smallest absolute Gasteiger partial charge is 0.243 e. The number of phenolic OH excluding ortho intramolecular Hbond substituents is 1. The van der Waals surface area contributed by atoms with Crippen LogP contribution in [-0.4, -0.2) is 40.3 Å². The third kappa shape index (κ3) is 2.11. The van der Waals surface area contributed by atoms with Crippen molar-refractivity contribution in [2.45, 2.75) is 19.4 Å². The molecule has 5 nitrogen and oxygen atoms in total. The predicted octanol–water partition coefficient (Wildman–Crippen LogP) is 0.727. The van der Waals surface area contributed by atoms with E-state index >= 15 is 0 Å². The van der Waals surface area contributed by atoms with Crippen LogP contribution >= 0.6 is 0 Å². The van der Waals surface area contributed by atoms with Crippen LogP contribution in [0.15, 0.2) is 24.3 Å². The van der Waals surface area contributed by atoms with Crippen LogP contribution in [0, 0.1) is 0 Å². The predicted molar refractivity (Wildman–Crippen MR) is 63.5 cm³/mol. The first-order chi connectivity index (χ1) is 8.15. The Morgan fingerprint density at radius 1 is 1.41 bits per heavy atom. The maximum Gasteiger partial charge on any atom is 0.243 e. The van der Waals surface area contributed by atoms with Crippen LogP contribution in [0.25, 0.3) is 0 Å². The summed E-state index contributed by atoms with van der Waals surface area (Å²) in [7, 11) is 0. The molecule has 0 bridgehead atoms. The molecule has 1 saturated heterocycles. The number of carbonyl (C=O) groups excluding carboxylic acids is 1. The minimum absolute atomic E-state index is 0.0304. The lowest BCUT2D eigenvalue weighted by molar-refractivity contribution is -0.118. The molecule has 0 aromatic heterocycles. The van der Waals surface area contributed by atoms with Gasteiger partial charge in [-0.25, -0.2) is 10.0 Å². The van der Waals surface area contributed by atoms with E-state index in [0.717, 1.165) is 0 Å². The quantitative estimate of drug-likeness (QED) is 0.812. The van der Waals surface area contributed by atoms with Crippen molar-refractivity contribution in [1.29, 1.82) is 0 Å². The maximum atomic E-state index is 11.8. The first kappa shape index (κ1) is 11.9. The van der Waals surface area contributed by atoms with Crippen molar-refractivity contribution in [3.8, 4) is 5.75 Å². The van der Waals surface area contributed by atoms with E-state index in [4.69, 9.17) is 0 Å². The van der Waals surface area contributed by atoms with E-state index in [1.54, 1.807) is 29.3 Å². The van der Waals surface area contributed by atoms with E-state index < -0.39 is 0 Å². The van der Waals surface area contributed by atoms with Gasteiger partial charge in [-0.3, -0.25) is 4.79 Å². The van der Waals surface area contributed by atoms with Gasteiger partial charge in [0.15, 0.2) is 0 Å². The Balaban J connectivity index is 2.34. The molecule has 1 fully saturated rings. The number of anilines is 1. The van der Waals surface area contributed by atoms with Crippen LogP contribution in [-0.2, 0) is 4.79 Å². The number of amides is 1. The highest BCUT2D eigenvalue weighted by Gasteiger charge is 2.34. The zero-order chi connectivity index (χ0) is 12.4. The molecule has 92 valence electrons. The van der Waals surface area contributed by atoms with Gasteiger partial charge >= 0.3 is 0 Å². The molecule has 2 N–H and O–H groups in total. The van der Waals surface area contributed by atoms with Gasteiger partial charge in [-0.2, -0.15) is 0 Å². The highest BCUT2D eigenvalue weighted by Crippen LogP contribution is 2.31. The lowest BCUT2D eigenvalue weighted by Crippen LogP contribution is -2.46. The highest BCUT2D eigenvalue weighted by molar-refractivity contribution is 5.95. The zero-order valence-corrected chi connectivity index (χ0v) is 9.71. The fraction of sp³-hybridized carbons (Fsp3) is 0.417. The Morgan fingerprint density at radius 3 is 2.76 bits per heavy atom. The number of nitrogens with zero attached hydrogens (tertiary/aromatic N) is 2. The number of benzene rings is 1. The number of hydrogen-bond acceptors (Lipinski definition) is 4. The average molecular weight is 236 g/mol. The number of hydrogen-bond donors (Lipinski definition) is 2. The van der Waals surface area contributed by atoms with Gasteiger partial charge < -0.3 is 10.2 Å². The number of aliphatic hydroxyl groups excluding tert-OH is 1. The Labute approximate surface area is 99.9 Å². The van der Waals surface area contributed by atoms with Crippen LogP contribution < -0.4 is 5.01 Å². The lowest BCUT2D eigenvalue weighted by Gasteiger charge is -2.32. The van der Waals surface area contributed by atoms with Crippen LogP contribution in [0.1, 0.15) is 13.3 Å².